The number of carbonyl (C=O) groups excluding carboxylic acids is 3. The van der Waals surface area contributed by atoms with Gasteiger partial charge in [-0.15, -0.1) is 0 Å². The Balaban J connectivity index is 2.49. The number of esters is 1. The zero-order chi connectivity index (χ0) is 12.1. The molecule has 0 radical (unpaired) electrons. The van der Waals surface area contributed by atoms with Crippen LogP contribution in [0.25, 0.3) is 0 Å². The quantitative estimate of drug-likeness (QED) is 0.724. The molecule has 1 aromatic heterocycles. The van der Waals surface area contributed by atoms with Crippen LogP contribution in [-0.4, -0.2) is 29.0 Å². The minimum Gasteiger partial charge on any atom is -0.456 e. The second-order valence-corrected chi connectivity index (χ2v) is 3.16. The zero-order valence-corrected chi connectivity index (χ0v) is 9.02. The molecule has 6 nitrogen and oxygen atoms in total. The number of aromatic nitrogens is 1. The normalized spacial score (nSPS) is 9.62. The average Bonchev–Trinajstić information content (AvgIpc) is 2.61. The van der Waals surface area contributed by atoms with Crippen molar-refractivity contribution in [1.29, 1.82) is 0 Å². The van der Waals surface area contributed by atoms with Crippen LogP contribution in [0.2, 0.25) is 0 Å². The summed E-state index contributed by atoms with van der Waals surface area (Å²) in [6, 6.07) is 3.26. The Kier molecular flexibility index (Phi) is 3.82. The maximum atomic E-state index is 11.5. The van der Waals surface area contributed by atoms with Gasteiger partial charge in [0, 0.05) is 20.2 Å². The van der Waals surface area contributed by atoms with E-state index in [4.69, 9.17) is 0 Å². The minimum atomic E-state index is -0.651. The molecule has 6 heteroatoms. The molecule has 16 heavy (non-hydrogen) atoms. The first-order valence-electron chi connectivity index (χ1n) is 4.59. The summed E-state index contributed by atoms with van der Waals surface area (Å²) >= 11 is 0. The second kappa shape index (κ2) is 5.11. The third-order valence-corrected chi connectivity index (χ3v) is 1.84. The number of nitrogens with zero attached hydrogens (tertiary/aromatic N) is 1. The van der Waals surface area contributed by atoms with Crippen LogP contribution in [0.1, 0.15) is 17.4 Å². The van der Waals surface area contributed by atoms with Gasteiger partial charge in [-0.3, -0.25) is 19.7 Å². The van der Waals surface area contributed by atoms with Gasteiger partial charge in [0.05, 0.1) is 0 Å². The zero-order valence-electron chi connectivity index (χ0n) is 9.02. The van der Waals surface area contributed by atoms with Gasteiger partial charge >= 0.3 is 5.97 Å². The molecule has 0 fully saturated rings. The molecule has 1 rings (SSSR count). The van der Waals surface area contributed by atoms with Crippen molar-refractivity contribution in [1.82, 2.24) is 9.88 Å². The molecule has 0 aliphatic heterocycles. The molecular weight excluding hydrogens is 212 g/mol. The van der Waals surface area contributed by atoms with Crippen molar-refractivity contribution >= 4 is 17.8 Å². The highest BCUT2D eigenvalue weighted by Crippen LogP contribution is 1.98. The van der Waals surface area contributed by atoms with Crippen LogP contribution < -0.4 is 5.32 Å². The van der Waals surface area contributed by atoms with E-state index in [0.717, 1.165) is 0 Å². The number of aryl methyl sites for hydroxylation is 1. The lowest BCUT2D eigenvalue weighted by Gasteiger charge is -2.04. The highest BCUT2D eigenvalue weighted by molar-refractivity contribution is 6.04. The van der Waals surface area contributed by atoms with Crippen LogP contribution in [0.5, 0.6) is 0 Å². The molecular formula is C10H12N2O4. The fourth-order valence-electron chi connectivity index (χ4n) is 1.09. The van der Waals surface area contributed by atoms with Crippen LogP contribution in [0, 0.1) is 0 Å². The average molecular weight is 224 g/mol. The summed E-state index contributed by atoms with van der Waals surface area (Å²) in [5.74, 6) is -1.74. The van der Waals surface area contributed by atoms with Crippen LogP contribution in [0.3, 0.4) is 0 Å². The molecule has 1 N–H and O–H groups in total. The first kappa shape index (κ1) is 12.0. The molecule has 2 amide bonds. The summed E-state index contributed by atoms with van der Waals surface area (Å²) < 4.78 is 6.02. The summed E-state index contributed by atoms with van der Waals surface area (Å²) in [6.07, 6.45) is 1.69. The SMILES string of the molecule is CC(=O)OCC(=O)NC(=O)c1cccn1C. The number of imide groups is 1. The Hall–Kier alpha value is -2.11. The Morgan fingerprint density at radius 2 is 2.12 bits per heavy atom. The van der Waals surface area contributed by atoms with E-state index in [9.17, 15) is 14.4 Å². The third-order valence-electron chi connectivity index (χ3n) is 1.84. The van der Waals surface area contributed by atoms with Gasteiger partial charge in [-0.1, -0.05) is 0 Å². The molecule has 0 aliphatic rings. The lowest BCUT2D eigenvalue weighted by Crippen LogP contribution is -2.34. The highest BCUT2D eigenvalue weighted by Gasteiger charge is 2.13. The number of amides is 2. The van der Waals surface area contributed by atoms with Crippen LogP contribution in [-0.2, 0) is 21.4 Å². The van der Waals surface area contributed by atoms with Crippen molar-refractivity contribution in [3.8, 4) is 0 Å². The number of ether oxygens (including phenoxy) is 1. The van der Waals surface area contributed by atoms with E-state index in [1.807, 2.05) is 0 Å². The van der Waals surface area contributed by atoms with Gasteiger partial charge in [0.25, 0.3) is 11.8 Å². The van der Waals surface area contributed by atoms with Crippen molar-refractivity contribution in [2.24, 2.45) is 7.05 Å². The predicted octanol–water partition coefficient (Wildman–Crippen LogP) is -0.155. The van der Waals surface area contributed by atoms with Gasteiger partial charge in [-0.05, 0) is 12.1 Å². The lowest BCUT2D eigenvalue weighted by molar-refractivity contribution is -0.146. The van der Waals surface area contributed by atoms with Crippen molar-refractivity contribution in [2.45, 2.75) is 6.92 Å². The number of carbonyl (C=O) groups is 3. The van der Waals surface area contributed by atoms with E-state index in [2.05, 4.69) is 10.1 Å². The third kappa shape index (κ3) is 3.23. The van der Waals surface area contributed by atoms with Gasteiger partial charge in [0.1, 0.15) is 5.69 Å². The molecule has 86 valence electrons. The Morgan fingerprint density at radius 3 is 2.62 bits per heavy atom. The minimum absolute atomic E-state index is 0.358. The fraction of sp³-hybridized carbons (Fsp3) is 0.300. The lowest BCUT2D eigenvalue weighted by atomic mass is 10.4. The molecule has 0 saturated heterocycles. The molecule has 1 aromatic rings. The molecule has 0 bridgehead atoms. The summed E-state index contributed by atoms with van der Waals surface area (Å²) in [7, 11) is 1.69. The first-order chi connectivity index (χ1) is 7.50. The smallest absolute Gasteiger partial charge is 0.303 e. The topological polar surface area (TPSA) is 77.4 Å². The Morgan fingerprint density at radius 1 is 1.44 bits per heavy atom. The van der Waals surface area contributed by atoms with Crippen LogP contribution in [0.4, 0.5) is 0 Å². The summed E-state index contributed by atoms with van der Waals surface area (Å²) in [5.41, 5.74) is 0.358. The summed E-state index contributed by atoms with van der Waals surface area (Å²) in [4.78, 5) is 33.1. The first-order valence-corrected chi connectivity index (χ1v) is 4.59. The van der Waals surface area contributed by atoms with E-state index in [0.29, 0.717) is 5.69 Å². The Labute approximate surface area is 92.2 Å². The van der Waals surface area contributed by atoms with E-state index in [1.165, 1.54) is 6.92 Å². The highest BCUT2D eigenvalue weighted by atomic mass is 16.5. The van der Waals surface area contributed by atoms with E-state index < -0.39 is 24.4 Å². The summed E-state index contributed by atoms with van der Waals surface area (Å²) in [5, 5.41) is 2.10. The van der Waals surface area contributed by atoms with Crippen molar-refractivity contribution in [2.75, 3.05) is 6.61 Å². The molecule has 0 spiro atoms. The van der Waals surface area contributed by atoms with E-state index >= 15 is 0 Å². The molecule has 1 heterocycles. The molecule has 0 unspecified atom stereocenters. The van der Waals surface area contributed by atoms with Crippen molar-refractivity contribution in [3.05, 3.63) is 24.0 Å². The van der Waals surface area contributed by atoms with Gasteiger partial charge < -0.3 is 9.30 Å². The maximum Gasteiger partial charge on any atom is 0.303 e. The number of rotatable bonds is 3. The molecule has 0 saturated carbocycles. The molecule has 0 atom stereocenters. The van der Waals surface area contributed by atoms with Gasteiger partial charge in [-0.2, -0.15) is 0 Å². The number of hydrogen-bond donors (Lipinski definition) is 1. The van der Waals surface area contributed by atoms with Crippen molar-refractivity contribution < 1.29 is 19.1 Å². The van der Waals surface area contributed by atoms with Crippen LogP contribution >= 0.6 is 0 Å². The van der Waals surface area contributed by atoms with Gasteiger partial charge in [0.15, 0.2) is 6.61 Å². The Bertz CT molecular complexity index is 422. The standard InChI is InChI=1S/C10H12N2O4/c1-7(13)16-6-9(14)11-10(15)8-4-3-5-12(8)2/h3-5H,6H2,1-2H3,(H,11,14,15). The number of nitrogens with one attached hydrogen (secondary N) is 1. The molecule has 0 aliphatic carbocycles. The predicted molar refractivity (Wildman–Crippen MR) is 54.5 cm³/mol. The number of hydrogen-bond acceptors (Lipinski definition) is 4. The van der Waals surface area contributed by atoms with Gasteiger partial charge in [0.2, 0.25) is 0 Å². The van der Waals surface area contributed by atoms with Gasteiger partial charge in [-0.25, -0.2) is 0 Å². The van der Waals surface area contributed by atoms with Crippen molar-refractivity contribution in [3.63, 3.8) is 0 Å². The second-order valence-electron chi connectivity index (χ2n) is 3.16. The largest absolute Gasteiger partial charge is 0.456 e. The van der Waals surface area contributed by atoms with E-state index in [-0.39, 0.29) is 0 Å². The monoisotopic (exact) mass is 224 g/mol. The molecule has 0 aromatic carbocycles. The van der Waals surface area contributed by atoms with Crippen LogP contribution in [0.15, 0.2) is 18.3 Å². The maximum absolute atomic E-state index is 11.5. The fourth-order valence-corrected chi connectivity index (χ4v) is 1.09. The van der Waals surface area contributed by atoms with E-state index in [1.54, 1.807) is 29.9 Å². The summed E-state index contributed by atoms with van der Waals surface area (Å²) in [6.45, 7) is 0.734.